The van der Waals surface area contributed by atoms with Gasteiger partial charge in [-0.15, -0.1) is 0 Å². The Hall–Kier alpha value is -2.35. The summed E-state index contributed by atoms with van der Waals surface area (Å²) in [7, 11) is 1.36. The number of nitrogens with zero attached hydrogens (tertiary/aromatic N) is 3. The molecule has 0 aliphatic carbocycles. The molecular formula is C23H26Cl2N4O3. The number of carbonyl (C=O) groups excluding carboxylic acids is 1. The monoisotopic (exact) mass is 476 g/mol. The number of hydrogen-bond donors (Lipinski definition) is 1. The molecule has 1 aromatic carbocycles. The third-order valence-electron chi connectivity index (χ3n) is 5.95. The molecule has 1 saturated heterocycles. The predicted octanol–water partition coefficient (Wildman–Crippen LogP) is 4.93. The molecule has 0 bridgehead atoms. The SMILES string of the molecule is COC(=O)C1=C(C)NC(C)=C(c2nc(CN3CCCCC3)no2)C1c1ccc(Cl)c(Cl)c1. The van der Waals surface area contributed by atoms with Gasteiger partial charge in [0.2, 0.25) is 0 Å². The van der Waals surface area contributed by atoms with Crippen LogP contribution in [0.4, 0.5) is 0 Å². The van der Waals surface area contributed by atoms with Gasteiger partial charge in [0.15, 0.2) is 5.82 Å². The van der Waals surface area contributed by atoms with Crippen LogP contribution in [0.5, 0.6) is 0 Å². The lowest BCUT2D eigenvalue weighted by atomic mass is 9.80. The molecule has 0 radical (unpaired) electrons. The van der Waals surface area contributed by atoms with Crippen molar-refractivity contribution in [2.75, 3.05) is 20.2 Å². The minimum Gasteiger partial charge on any atom is -0.466 e. The van der Waals surface area contributed by atoms with Crippen LogP contribution in [-0.2, 0) is 16.1 Å². The number of ether oxygens (including phenoxy) is 1. The van der Waals surface area contributed by atoms with E-state index in [1.807, 2.05) is 19.9 Å². The van der Waals surface area contributed by atoms with Gasteiger partial charge in [0.25, 0.3) is 5.89 Å². The number of dihydropyridines is 1. The molecule has 1 N–H and O–H groups in total. The summed E-state index contributed by atoms with van der Waals surface area (Å²) in [5.41, 5.74) is 3.47. The van der Waals surface area contributed by atoms with Gasteiger partial charge in [0.1, 0.15) is 0 Å². The molecule has 170 valence electrons. The Bertz CT molecular complexity index is 1090. The Labute approximate surface area is 197 Å². The summed E-state index contributed by atoms with van der Waals surface area (Å²) in [6.45, 7) is 6.47. The summed E-state index contributed by atoms with van der Waals surface area (Å²) in [6.07, 6.45) is 3.63. The van der Waals surface area contributed by atoms with Crippen molar-refractivity contribution in [3.05, 3.63) is 62.5 Å². The molecule has 2 aliphatic rings. The quantitative estimate of drug-likeness (QED) is 0.612. The van der Waals surface area contributed by atoms with Gasteiger partial charge in [-0.3, -0.25) is 4.90 Å². The average molecular weight is 477 g/mol. The van der Waals surface area contributed by atoms with Crippen LogP contribution < -0.4 is 5.32 Å². The number of halogens is 2. The molecule has 7 nitrogen and oxygen atoms in total. The van der Waals surface area contributed by atoms with Crippen molar-refractivity contribution in [3.8, 4) is 0 Å². The molecule has 0 saturated carbocycles. The molecule has 32 heavy (non-hydrogen) atoms. The second kappa shape index (κ2) is 9.65. The van der Waals surface area contributed by atoms with Crippen LogP contribution in [0.2, 0.25) is 10.0 Å². The summed E-state index contributed by atoms with van der Waals surface area (Å²) in [4.78, 5) is 19.8. The lowest BCUT2D eigenvalue weighted by Gasteiger charge is -2.30. The second-order valence-corrected chi connectivity index (χ2v) is 8.97. The van der Waals surface area contributed by atoms with Gasteiger partial charge in [-0.2, -0.15) is 4.98 Å². The van der Waals surface area contributed by atoms with Crippen molar-refractivity contribution in [3.63, 3.8) is 0 Å². The molecule has 1 aromatic heterocycles. The number of allylic oxidation sites excluding steroid dienone is 3. The number of hydrogen-bond acceptors (Lipinski definition) is 7. The number of methoxy groups -OCH3 is 1. The molecular weight excluding hydrogens is 451 g/mol. The zero-order valence-electron chi connectivity index (χ0n) is 18.4. The van der Waals surface area contributed by atoms with Crippen molar-refractivity contribution in [1.29, 1.82) is 0 Å². The summed E-state index contributed by atoms with van der Waals surface area (Å²) in [6, 6.07) is 5.32. The Balaban J connectivity index is 1.75. The number of piperidine rings is 1. The number of aromatic nitrogens is 2. The lowest BCUT2D eigenvalue weighted by molar-refractivity contribution is -0.136. The highest BCUT2D eigenvalue weighted by atomic mass is 35.5. The number of likely N-dealkylation sites (tertiary alicyclic amines) is 1. The summed E-state index contributed by atoms with van der Waals surface area (Å²) in [5, 5.41) is 8.33. The van der Waals surface area contributed by atoms with E-state index < -0.39 is 11.9 Å². The van der Waals surface area contributed by atoms with Crippen LogP contribution in [0.3, 0.4) is 0 Å². The predicted molar refractivity (Wildman–Crippen MR) is 123 cm³/mol. The van der Waals surface area contributed by atoms with E-state index in [-0.39, 0.29) is 0 Å². The topological polar surface area (TPSA) is 80.5 Å². The zero-order valence-corrected chi connectivity index (χ0v) is 19.9. The fraction of sp³-hybridized carbons (Fsp3) is 0.435. The first-order valence-electron chi connectivity index (χ1n) is 10.7. The third-order valence-corrected chi connectivity index (χ3v) is 6.69. The van der Waals surface area contributed by atoms with Gasteiger partial charge < -0.3 is 14.6 Å². The standard InChI is InChI=1S/C23H26Cl2N4O3/c1-13-19(22-27-18(28-32-22)12-29-9-5-4-6-10-29)21(15-7-8-16(24)17(25)11-15)20(14(2)26-13)23(30)31-3/h7-8,11,21,26H,4-6,9-10,12H2,1-3H3. The molecule has 2 aliphatic heterocycles. The smallest absolute Gasteiger partial charge is 0.336 e. The molecule has 1 atom stereocenters. The van der Waals surface area contributed by atoms with Gasteiger partial charge >= 0.3 is 5.97 Å². The highest BCUT2D eigenvalue weighted by molar-refractivity contribution is 6.42. The largest absolute Gasteiger partial charge is 0.466 e. The Morgan fingerprint density at radius 3 is 2.62 bits per heavy atom. The number of carbonyl (C=O) groups is 1. The van der Waals surface area contributed by atoms with Crippen LogP contribution in [-0.4, -0.2) is 41.2 Å². The maximum atomic E-state index is 12.8. The maximum absolute atomic E-state index is 12.8. The van der Waals surface area contributed by atoms with Crippen molar-refractivity contribution in [1.82, 2.24) is 20.4 Å². The van der Waals surface area contributed by atoms with Crippen LogP contribution in [0.25, 0.3) is 5.57 Å². The molecule has 9 heteroatoms. The molecule has 1 fully saturated rings. The first kappa shape index (κ1) is 22.8. The van der Waals surface area contributed by atoms with E-state index in [4.69, 9.17) is 32.5 Å². The fourth-order valence-electron chi connectivity index (χ4n) is 4.43. The van der Waals surface area contributed by atoms with Gasteiger partial charge in [0, 0.05) is 17.0 Å². The van der Waals surface area contributed by atoms with E-state index >= 15 is 0 Å². The van der Waals surface area contributed by atoms with Crippen LogP contribution in [0.15, 0.2) is 39.7 Å². The van der Waals surface area contributed by atoms with E-state index in [0.29, 0.717) is 45.1 Å². The number of esters is 1. The molecule has 4 rings (SSSR count). The molecule has 0 spiro atoms. The van der Waals surface area contributed by atoms with E-state index in [9.17, 15) is 4.79 Å². The van der Waals surface area contributed by atoms with Crippen LogP contribution in [0.1, 0.15) is 56.3 Å². The minimum absolute atomic E-state index is 0.368. The highest BCUT2D eigenvalue weighted by Crippen LogP contribution is 2.44. The molecule has 2 aromatic rings. The van der Waals surface area contributed by atoms with Crippen LogP contribution >= 0.6 is 23.2 Å². The van der Waals surface area contributed by atoms with E-state index in [2.05, 4.69) is 20.4 Å². The fourth-order valence-corrected chi connectivity index (χ4v) is 4.73. The highest BCUT2D eigenvalue weighted by Gasteiger charge is 2.37. The Morgan fingerprint density at radius 1 is 1.19 bits per heavy atom. The number of rotatable bonds is 5. The van der Waals surface area contributed by atoms with Gasteiger partial charge in [-0.05, 0) is 57.5 Å². The van der Waals surface area contributed by atoms with Crippen molar-refractivity contribution in [2.24, 2.45) is 0 Å². The third kappa shape index (κ3) is 4.56. The summed E-state index contributed by atoms with van der Waals surface area (Å²) in [5.74, 6) is 0.0545. The Kier molecular flexibility index (Phi) is 6.88. The Morgan fingerprint density at radius 2 is 1.94 bits per heavy atom. The number of benzene rings is 1. The summed E-state index contributed by atoms with van der Waals surface area (Å²) >= 11 is 12.5. The normalized spacial score (nSPS) is 19.8. The van der Waals surface area contributed by atoms with Crippen molar-refractivity contribution >= 4 is 34.7 Å². The molecule has 3 heterocycles. The van der Waals surface area contributed by atoms with E-state index in [0.717, 1.165) is 24.4 Å². The van der Waals surface area contributed by atoms with Crippen molar-refractivity contribution in [2.45, 2.75) is 45.6 Å². The molecule has 0 amide bonds. The first-order valence-corrected chi connectivity index (χ1v) is 11.4. The van der Waals surface area contributed by atoms with Gasteiger partial charge in [-0.25, -0.2) is 4.79 Å². The summed E-state index contributed by atoms with van der Waals surface area (Å²) < 4.78 is 10.8. The second-order valence-electron chi connectivity index (χ2n) is 8.15. The zero-order chi connectivity index (χ0) is 22.8. The molecule has 1 unspecified atom stereocenters. The van der Waals surface area contributed by atoms with Gasteiger partial charge in [-0.1, -0.05) is 40.8 Å². The maximum Gasteiger partial charge on any atom is 0.336 e. The van der Waals surface area contributed by atoms with Crippen LogP contribution in [0, 0.1) is 0 Å². The average Bonchev–Trinajstić information content (AvgIpc) is 3.23. The minimum atomic E-state index is -0.498. The van der Waals surface area contributed by atoms with E-state index in [1.165, 1.54) is 26.4 Å². The lowest BCUT2D eigenvalue weighted by Crippen LogP contribution is -2.29. The number of nitrogens with one attached hydrogen (secondary N) is 1. The first-order chi connectivity index (χ1) is 15.4. The van der Waals surface area contributed by atoms with Crippen molar-refractivity contribution < 1.29 is 14.1 Å². The van der Waals surface area contributed by atoms with Gasteiger partial charge in [0.05, 0.1) is 35.2 Å². The van der Waals surface area contributed by atoms with E-state index in [1.54, 1.807) is 12.1 Å².